The molecule has 6 heteroatoms. The number of ether oxygens (including phenoxy) is 1. The van der Waals surface area contributed by atoms with Crippen LogP contribution in [0.3, 0.4) is 0 Å². The molecule has 3 aliphatic carbocycles. The summed E-state index contributed by atoms with van der Waals surface area (Å²) in [5, 5.41) is 25.1. The van der Waals surface area contributed by atoms with Crippen molar-refractivity contribution in [3.05, 3.63) is 65.5 Å². The van der Waals surface area contributed by atoms with Crippen LogP contribution in [0.2, 0.25) is 0 Å². The Morgan fingerprint density at radius 2 is 2.03 bits per heavy atom. The van der Waals surface area contributed by atoms with Gasteiger partial charge in [-0.05, 0) is 84.6 Å². The van der Waals surface area contributed by atoms with Crippen molar-refractivity contribution in [2.45, 2.75) is 93.3 Å². The van der Waals surface area contributed by atoms with Crippen molar-refractivity contribution < 1.29 is 14.9 Å². The molecule has 2 saturated carbocycles. The van der Waals surface area contributed by atoms with Crippen LogP contribution in [0, 0.1) is 11.3 Å². The molecule has 0 radical (unpaired) electrons. The molecule has 1 unspecified atom stereocenters. The van der Waals surface area contributed by atoms with Crippen LogP contribution in [-0.4, -0.2) is 68.7 Å². The van der Waals surface area contributed by atoms with E-state index in [1.54, 1.807) is 0 Å². The van der Waals surface area contributed by atoms with Gasteiger partial charge in [0.05, 0.1) is 23.4 Å². The third kappa shape index (κ3) is 3.10. The molecule has 200 valence electrons. The summed E-state index contributed by atoms with van der Waals surface area (Å²) in [5.74, 6) is 0.309. The molecule has 8 rings (SSSR count). The first kappa shape index (κ1) is 23.8. The molecule has 1 aromatic carbocycles. The summed E-state index contributed by atoms with van der Waals surface area (Å²) >= 11 is 0. The molecular formula is C32H39N3O3. The molecule has 9 atom stereocenters. The summed E-state index contributed by atoms with van der Waals surface area (Å²) in [5.41, 5.74) is 9.30. The highest BCUT2D eigenvalue weighted by Gasteiger charge is 2.68. The molecule has 1 aromatic heterocycles. The van der Waals surface area contributed by atoms with Crippen molar-refractivity contribution in [3.63, 3.8) is 0 Å². The van der Waals surface area contributed by atoms with Gasteiger partial charge in [0.15, 0.2) is 0 Å². The summed E-state index contributed by atoms with van der Waals surface area (Å²) in [7, 11) is 0. The monoisotopic (exact) mass is 513 g/mol. The van der Waals surface area contributed by atoms with Crippen molar-refractivity contribution in [1.29, 1.82) is 0 Å². The lowest BCUT2D eigenvalue weighted by Crippen LogP contribution is -2.58. The molecule has 4 N–H and O–H groups in total. The first-order valence-electron chi connectivity index (χ1n) is 14.6. The van der Waals surface area contributed by atoms with Gasteiger partial charge >= 0.3 is 0 Å². The maximum absolute atomic E-state index is 11.6. The lowest BCUT2D eigenvalue weighted by Gasteiger charge is -2.55. The van der Waals surface area contributed by atoms with Gasteiger partial charge in [-0.3, -0.25) is 9.88 Å². The van der Waals surface area contributed by atoms with Gasteiger partial charge in [0.25, 0.3) is 0 Å². The van der Waals surface area contributed by atoms with Gasteiger partial charge in [-0.1, -0.05) is 31.2 Å². The highest BCUT2D eigenvalue weighted by molar-refractivity contribution is 5.82. The number of aromatic nitrogens is 1. The predicted molar refractivity (Wildman–Crippen MR) is 146 cm³/mol. The minimum absolute atomic E-state index is 0.0572. The minimum Gasteiger partial charge on any atom is -0.392 e. The lowest BCUT2D eigenvalue weighted by molar-refractivity contribution is -0.150. The fourth-order valence-electron chi connectivity index (χ4n) is 9.76. The van der Waals surface area contributed by atoms with Gasteiger partial charge in [-0.2, -0.15) is 0 Å². The minimum atomic E-state index is -0.404. The quantitative estimate of drug-likeness (QED) is 0.566. The lowest BCUT2D eigenvalue weighted by atomic mass is 9.58. The number of aliphatic hydroxyl groups excluding tert-OH is 2. The maximum Gasteiger partial charge on any atom is 0.0975 e. The molecule has 2 aromatic rings. The summed E-state index contributed by atoms with van der Waals surface area (Å²) in [4.78, 5) is 6.75. The molecule has 2 saturated heterocycles. The van der Waals surface area contributed by atoms with E-state index in [-0.39, 0.29) is 46.6 Å². The van der Waals surface area contributed by atoms with Crippen LogP contribution < -0.4 is 5.73 Å². The van der Waals surface area contributed by atoms with E-state index in [1.807, 2.05) is 18.5 Å². The van der Waals surface area contributed by atoms with Crippen molar-refractivity contribution in [2.24, 2.45) is 17.1 Å². The Hall–Kier alpha value is -2.09. The van der Waals surface area contributed by atoms with E-state index < -0.39 is 6.10 Å². The van der Waals surface area contributed by atoms with Crippen molar-refractivity contribution in [2.75, 3.05) is 13.1 Å². The number of nitrogens with zero attached hydrogens (tertiary/aromatic N) is 2. The zero-order valence-corrected chi connectivity index (χ0v) is 22.2. The summed E-state index contributed by atoms with van der Waals surface area (Å²) in [6.45, 7) is 4.22. The Morgan fingerprint density at radius 1 is 1.13 bits per heavy atom. The molecule has 6 aliphatic rings. The summed E-state index contributed by atoms with van der Waals surface area (Å²) in [6.07, 6.45) is 14.0. The second-order valence-electron chi connectivity index (χ2n) is 13.4. The number of likely N-dealkylation sites (tertiary alicyclic amines) is 1. The van der Waals surface area contributed by atoms with E-state index in [2.05, 4.69) is 47.2 Å². The van der Waals surface area contributed by atoms with Crippen LogP contribution in [0.4, 0.5) is 0 Å². The van der Waals surface area contributed by atoms with Gasteiger partial charge in [-0.15, -0.1) is 0 Å². The Labute approximate surface area is 224 Å². The smallest absolute Gasteiger partial charge is 0.0975 e. The fraction of sp³-hybridized carbons (Fsp3) is 0.594. The maximum atomic E-state index is 11.6. The van der Waals surface area contributed by atoms with Crippen LogP contribution in [0.1, 0.15) is 63.4 Å². The molecule has 2 bridgehead atoms. The molecule has 6 nitrogen and oxygen atoms in total. The van der Waals surface area contributed by atoms with E-state index in [0.29, 0.717) is 6.42 Å². The second kappa shape index (κ2) is 7.98. The molecule has 4 fully saturated rings. The summed E-state index contributed by atoms with van der Waals surface area (Å²) in [6, 6.07) is 8.98. The van der Waals surface area contributed by atoms with Gasteiger partial charge < -0.3 is 20.7 Å². The van der Waals surface area contributed by atoms with Crippen LogP contribution in [0.15, 0.2) is 60.0 Å². The van der Waals surface area contributed by atoms with Gasteiger partial charge in [0.1, 0.15) is 0 Å². The standard InChI is InChI=1S/C32H39N3O3/c1-30-7-4-22-13-23-14-26(36)25(35-11-6-24(33)18-35)16-31(23)8-9-32(22,38-31)28(30)15-27(37)29(30)20-3-2-19-5-10-34-17-21(19)12-20/h2-5,10,12-13,17,24-29,36-37H,6-9,11,14-16,18,33H2,1H3/t24-,25+,26+,27-,28-,29+,30+,31-,32?/m1/s1. The third-order valence-electron chi connectivity index (χ3n) is 11.5. The molecule has 38 heavy (non-hydrogen) atoms. The molecular weight excluding hydrogens is 474 g/mol. The third-order valence-corrected chi connectivity index (χ3v) is 11.5. The highest BCUT2D eigenvalue weighted by Crippen LogP contribution is 2.69. The second-order valence-corrected chi connectivity index (χ2v) is 13.4. The largest absolute Gasteiger partial charge is 0.392 e. The van der Waals surface area contributed by atoms with Crippen molar-refractivity contribution in [1.82, 2.24) is 9.88 Å². The number of aliphatic hydroxyl groups is 2. The van der Waals surface area contributed by atoms with E-state index in [9.17, 15) is 10.2 Å². The Bertz CT molecular complexity index is 1370. The summed E-state index contributed by atoms with van der Waals surface area (Å²) < 4.78 is 7.40. The number of hydrogen-bond donors (Lipinski definition) is 3. The highest BCUT2D eigenvalue weighted by atomic mass is 16.5. The fourth-order valence-corrected chi connectivity index (χ4v) is 9.76. The topological polar surface area (TPSA) is 91.8 Å². The van der Waals surface area contributed by atoms with E-state index in [1.165, 1.54) is 22.1 Å². The van der Waals surface area contributed by atoms with Crippen LogP contribution in [0.25, 0.3) is 10.8 Å². The molecule has 0 amide bonds. The normalized spacial score (nSPS) is 45.9. The Kier molecular flexibility index (Phi) is 4.99. The zero-order chi connectivity index (χ0) is 25.9. The number of hydrogen-bond acceptors (Lipinski definition) is 6. The number of benzene rings is 1. The van der Waals surface area contributed by atoms with E-state index >= 15 is 0 Å². The Morgan fingerprint density at radius 3 is 2.87 bits per heavy atom. The van der Waals surface area contributed by atoms with Gasteiger partial charge in [0, 0.05) is 54.8 Å². The first-order chi connectivity index (χ1) is 18.3. The predicted octanol–water partition coefficient (Wildman–Crippen LogP) is 3.82. The van der Waals surface area contributed by atoms with Crippen LogP contribution in [0.5, 0.6) is 0 Å². The van der Waals surface area contributed by atoms with E-state index in [4.69, 9.17) is 10.5 Å². The molecule has 2 spiro atoms. The van der Waals surface area contributed by atoms with Crippen LogP contribution in [-0.2, 0) is 4.74 Å². The van der Waals surface area contributed by atoms with E-state index in [0.717, 1.165) is 57.0 Å². The SMILES string of the molecule is C[C@]12CC=C3C=C4C[C@H](O)[C@@H](N5CC[C@@H](N)C5)C[C@]45CCC3(O5)[C@@H]1C[C@@H](O)[C@@H]2c1ccc2ccncc2c1. The number of rotatable bonds is 2. The van der Waals surface area contributed by atoms with Crippen molar-refractivity contribution >= 4 is 10.8 Å². The number of fused-ring (bicyclic) bond motifs is 2. The van der Waals surface area contributed by atoms with Gasteiger partial charge in [0.2, 0.25) is 0 Å². The molecule has 4 heterocycles. The Balaban J connectivity index is 1.16. The zero-order valence-electron chi connectivity index (χ0n) is 22.2. The first-order valence-corrected chi connectivity index (χ1v) is 14.6. The number of pyridine rings is 1. The average molecular weight is 514 g/mol. The van der Waals surface area contributed by atoms with Gasteiger partial charge in [-0.25, -0.2) is 0 Å². The van der Waals surface area contributed by atoms with Crippen molar-refractivity contribution in [3.8, 4) is 0 Å². The average Bonchev–Trinajstić information content (AvgIpc) is 3.56. The van der Waals surface area contributed by atoms with Crippen LogP contribution >= 0.6 is 0 Å². The number of allylic oxidation sites excluding steroid dienone is 1. The molecule has 3 aliphatic heterocycles. The number of nitrogens with two attached hydrogens (primary N) is 1.